The number of amides is 2. The third-order valence-electron chi connectivity index (χ3n) is 6.36. The summed E-state index contributed by atoms with van der Waals surface area (Å²) in [5.41, 5.74) is 3.10. The van der Waals surface area contributed by atoms with Gasteiger partial charge in [-0.1, -0.05) is 67.7 Å². The van der Waals surface area contributed by atoms with E-state index in [1.165, 1.54) is 11.0 Å². The van der Waals surface area contributed by atoms with E-state index in [1.807, 2.05) is 32.0 Å². The zero-order valence-electron chi connectivity index (χ0n) is 20.2. The van der Waals surface area contributed by atoms with E-state index in [0.717, 1.165) is 0 Å². The van der Waals surface area contributed by atoms with Crippen LogP contribution in [0.3, 0.4) is 0 Å². The van der Waals surface area contributed by atoms with Gasteiger partial charge in [-0.3, -0.25) is 14.6 Å². The number of fused-ring (bicyclic) bond motifs is 1. The Labute approximate surface area is 219 Å². The molecule has 5 nitrogen and oxygen atoms in total. The molecule has 0 radical (unpaired) electrons. The van der Waals surface area contributed by atoms with E-state index in [1.54, 1.807) is 43.3 Å². The Morgan fingerprint density at radius 2 is 1.86 bits per heavy atom. The number of benzodiazepines with no additional fused rings is 1. The van der Waals surface area contributed by atoms with E-state index >= 15 is 0 Å². The number of hydrogen-bond acceptors (Lipinski definition) is 3. The molecule has 0 aromatic heterocycles. The van der Waals surface area contributed by atoms with Crippen LogP contribution in [-0.2, 0) is 9.59 Å². The average Bonchev–Trinajstić information content (AvgIpc) is 2.96. The van der Waals surface area contributed by atoms with Crippen LogP contribution in [0.5, 0.6) is 0 Å². The minimum atomic E-state index is -0.739. The van der Waals surface area contributed by atoms with Gasteiger partial charge in [-0.05, 0) is 54.8 Å². The first-order valence-corrected chi connectivity index (χ1v) is 12.4. The fraction of sp³-hybridized carbons (Fsp3) is 0.250. The van der Waals surface area contributed by atoms with Crippen LogP contribution < -0.4 is 10.2 Å². The van der Waals surface area contributed by atoms with Crippen molar-refractivity contribution >= 4 is 52.1 Å². The third-order valence-corrected chi connectivity index (χ3v) is 6.93. The fourth-order valence-corrected chi connectivity index (χ4v) is 4.51. The summed E-state index contributed by atoms with van der Waals surface area (Å²) >= 11 is 12.9. The maximum Gasteiger partial charge on any atom is 0.252 e. The van der Waals surface area contributed by atoms with Crippen LogP contribution in [0.25, 0.3) is 0 Å². The second-order valence-electron chi connectivity index (χ2n) is 8.89. The van der Waals surface area contributed by atoms with Gasteiger partial charge in [-0.25, -0.2) is 4.39 Å². The number of anilines is 2. The summed E-state index contributed by atoms with van der Waals surface area (Å²) in [6, 6.07) is 16.1. The predicted octanol–water partition coefficient (Wildman–Crippen LogP) is 6.68. The summed E-state index contributed by atoms with van der Waals surface area (Å²) in [6.45, 7) is 5.30. The van der Waals surface area contributed by atoms with Crippen molar-refractivity contribution in [2.75, 3.05) is 16.8 Å². The van der Waals surface area contributed by atoms with Crippen LogP contribution in [0.2, 0.25) is 10.0 Å². The Morgan fingerprint density at radius 1 is 1.11 bits per heavy atom. The molecule has 0 spiro atoms. The zero-order valence-corrected chi connectivity index (χ0v) is 21.7. The summed E-state index contributed by atoms with van der Waals surface area (Å²) in [4.78, 5) is 33.2. The standard InChI is InChI=1S/C28H26Cl2FN3O2/c1-4-16(2)26-28(36)34(15-25(35)32-19-11-9-17(3)23(31)14-19)24-12-10-18(29)13-21(24)27(33-26)20-7-5-6-8-22(20)30/h5-14,16,26H,4,15H2,1-3H3,(H,32,35)/t16-,26-/m0/s1. The molecule has 36 heavy (non-hydrogen) atoms. The van der Waals surface area contributed by atoms with Crippen molar-refractivity contribution in [3.8, 4) is 0 Å². The molecule has 0 saturated carbocycles. The van der Waals surface area contributed by atoms with Crippen LogP contribution in [0, 0.1) is 18.7 Å². The van der Waals surface area contributed by atoms with Crippen molar-refractivity contribution in [1.29, 1.82) is 0 Å². The lowest BCUT2D eigenvalue weighted by Crippen LogP contribution is -2.44. The van der Waals surface area contributed by atoms with Crippen molar-refractivity contribution in [2.45, 2.75) is 33.2 Å². The molecule has 0 unspecified atom stereocenters. The molecule has 0 aliphatic carbocycles. The molecule has 8 heteroatoms. The molecule has 2 atom stereocenters. The summed E-state index contributed by atoms with van der Waals surface area (Å²) < 4.78 is 14.0. The molecule has 1 aliphatic heterocycles. The molecule has 3 aromatic rings. The lowest BCUT2D eigenvalue weighted by Gasteiger charge is -2.26. The topological polar surface area (TPSA) is 61.8 Å². The number of halogens is 3. The Bertz CT molecular complexity index is 1360. The van der Waals surface area contributed by atoms with Crippen LogP contribution in [0.15, 0.2) is 65.7 Å². The Hall–Kier alpha value is -3.22. The molecular formula is C28H26Cl2FN3O2. The van der Waals surface area contributed by atoms with E-state index in [2.05, 4.69) is 5.32 Å². The third kappa shape index (κ3) is 5.30. The number of rotatable bonds is 6. The largest absolute Gasteiger partial charge is 0.324 e. The van der Waals surface area contributed by atoms with Crippen LogP contribution in [-0.4, -0.2) is 30.1 Å². The van der Waals surface area contributed by atoms with Gasteiger partial charge in [0.1, 0.15) is 18.4 Å². The lowest BCUT2D eigenvalue weighted by molar-refractivity contribution is -0.123. The maximum absolute atomic E-state index is 14.0. The van der Waals surface area contributed by atoms with E-state index in [4.69, 9.17) is 28.2 Å². The van der Waals surface area contributed by atoms with Crippen LogP contribution >= 0.6 is 23.2 Å². The Kier molecular flexibility index (Phi) is 7.76. The molecule has 1 heterocycles. The summed E-state index contributed by atoms with van der Waals surface area (Å²) in [6.07, 6.45) is 0.704. The molecule has 2 amide bonds. The molecule has 0 bridgehead atoms. The average molecular weight is 526 g/mol. The number of aliphatic imine (C=N–C) groups is 1. The number of nitrogens with one attached hydrogen (secondary N) is 1. The molecule has 4 rings (SSSR count). The first-order valence-electron chi connectivity index (χ1n) is 11.7. The fourth-order valence-electron chi connectivity index (χ4n) is 4.12. The van der Waals surface area contributed by atoms with E-state index < -0.39 is 17.8 Å². The number of carbonyl (C=O) groups is 2. The lowest BCUT2D eigenvalue weighted by atomic mass is 9.97. The molecule has 1 aliphatic rings. The van der Waals surface area contributed by atoms with Gasteiger partial charge in [0.2, 0.25) is 5.91 Å². The van der Waals surface area contributed by atoms with Crippen molar-refractivity contribution in [3.05, 3.63) is 93.2 Å². The highest BCUT2D eigenvalue weighted by Crippen LogP contribution is 2.34. The SMILES string of the molecule is CC[C@H](C)[C@@H]1N=C(c2ccccc2Cl)c2cc(Cl)ccc2N(CC(=O)Nc2ccc(C)c(F)c2)C1=O. The molecule has 0 fully saturated rings. The van der Waals surface area contributed by atoms with Gasteiger partial charge in [0.25, 0.3) is 5.91 Å². The second-order valence-corrected chi connectivity index (χ2v) is 9.73. The highest BCUT2D eigenvalue weighted by Gasteiger charge is 2.36. The van der Waals surface area contributed by atoms with Crippen LogP contribution in [0.1, 0.15) is 37.0 Å². The van der Waals surface area contributed by atoms with Crippen molar-refractivity contribution in [3.63, 3.8) is 0 Å². The molecule has 0 saturated heterocycles. The first-order chi connectivity index (χ1) is 17.2. The molecule has 1 N–H and O–H groups in total. The van der Waals surface area contributed by atoms with Gasteiger partial charge in [0.05, 0.1) is 11.4 Å². The molecule has 186 valence electrons. The second kappa shape index (κ2) is 10.8. The first kappa shape index (κ1) is 25.9. The minimum Gasteiger partial charge on any atom is -0.324 e. The number of nitrogens with zero attached hydrogens (tertiary/aromatic N) is 2. The summed E-state index contributed by atoms with van der Waals surface area (Å²) in [5.74, 6) is -1.29. The Morgan fingerprint density at radius 3 is 2.56 bits per heavy atom. The zero-order chi connectivity index (χ0) is 26.0. The monoisotopic (exact) mass is 525 g/mol. The van der Waals surface area contributed by atoms with Crippen LogP contribution in [0.4, 0.5) is 15.8 Å². The Balaban J connectivity index is 1.79. The highest BCUT2D eigenvalue weighted by atomic mass is 35.5. The van der Waals surface area contributed by atoms with E-state index in [9.17, 15) is 14.0 Å². The van der Waals surface area contributed by atoms with Crippen molar-refractivity contribution < 1.29 is 14.0 Å². The number of benzene rings is 3. The van der Waals surface area contributed by atoms with Crippen molar-refractivity contribution in [1.82, 2.24) is 0 Å². The van der Waals surface area contributed by atoms with E-state index in [0.29, 0.717) is 50.2 Å². The predicted molar refractivity (Wildman–Crippen MR) is 144 cm³/mol. The van der Waals surface area contributed by atoms with Gasteiger partial charge in [-0.2, -0.15) is 0 Å². The minimum absolute atomic E-state index is 0.100. The van der Waals surface area contributed by atoms with Gasteiger partial charge in [0, 0.05) is 26.9 Å². The summed E-state index contributed by atoms with van der Waals surface area (Å²) in [5, 5.41) is 3.64. The quantitative estimate of drug-likeness (QED) is 0.390. The highest BCUT2D eigenvalue weighted by molar-refractivity contribution is 6.37. The number of aryl methyl sites for hydroxylation is 1. The van der Waals surface area contributed by atoms with E-state index in [-0.39, 0.29) is 18.4 Å². The van der Waals surface area contributed by atoms with Gasteiger partial charge >= 0.3 is 0 Å². The number of hydrogen-bond donors (Lipinski definition) is 1. The molecule has 3 aromatic carbocycles. The maximum atomic E-state index is 14.0. The van der Waals surface area contributed by atoms with Gasteiger partial charge < -0.3 is 10.2 Å². The molecular weight excluding hydrogens is 500 g/mol. The smallest absolute Gasteiger partial charge is 0.252 e. The number of carbonyl (C=O) groups excluding carboxylic acids is 2. The summed E-state index contributed by atoms with van der Waals surface area (Å²) in [7, 11) is 0. The van der Waals surface area contributed by atoms with Gasteiger partial charge in [-0.15, -0.1) is 0 Å². The van der Waals surface area contributed by atoms with Gasteiger partial charge in [0.15, 0.2) is 0 Å². The normalized spacial score (nSPS) is 16.2. The van der Waals surface area contributed by atoms with Crippen molar-refractivity contribution in [2.24, 2.45) is 10.9 Å².